The van der Waals surface area contributed by atoms with Gasteiger partial charge in [-0.15, -0.1) is 0 Å². The number of carbonyl (C=O) groups is 1. The summed E-state index contributed by atoms with van der Waals surface area (Å²) in [5.41, 5.74) is 0.393. The summed E-state index contributed by atoms with van der Waals surface area (Å²) in [6, 6.07) is 7.59. The first-order chi connectivity index (χ1) is 10.4. The van der Waals surface area contributed by atoms with Gasteiger partial charge < -0.3 is 19.9 Å². The number of nitrogens with one attached hydrogen (secondary N) is 1. The molecule has 2 N–H and O–H groups in total. The first kappa shape index (κ1) is 18.6. The minimum absolute atomic E-state index is 0.182. The van der Waals surface area contributed by atoms with Gasteiger partial charge in [-0.25, -0.2) is 4.79 Å². The molecule has 0 saturated carbocycles. The molecule has 0 radical (unpaired) electrons. The molecule has 0 bridgehead atoms. The van der Waals surface area contributed by atoms with E-state index in [2.05, 4.69) is 5.32 Å². The summed E-state index contributed by atoms with van der Waals surface area (Å²) in [5.74, 6) is 2.28. The van der Waals surface area contributed by atoms with E-state index in [0.29, 0.717) is 18.9 Å². The molecule has 22 heavy (non-hydrogen) atoms. The molecule has 0 aliphatic heterocycles. The fraction of sp³-hybridized carbons (Fsp3) is 0.562. The van der Waals surface area contributed by atoms with E-state index in [-0.39, 0.29) is 6.61 Å². The van der Waals surface area contributed by atoms with E-state index in [1.165, 1.54) is 0 Å². The van der Waals surface area contributed by atoms with Crippen molar-refractivity contribution < 1.29 is 19.4 Å². The van der Waals surface area contributed by atoms with Gasteiger partial charge in [-0.3, -0.25) is 0 Å². The van der Waals surface area contributed by atoms with E-state index in [4.69, 9.17) is 14.6 Å². The maximum absolute atomic E-state index is 11.7. The van der Waals surface area contributed by atoms with Crippen molar-refractivity contribution in [2.45, 2.75) is 32.9 Å². The number of benzene rings is 1. The number of hydrogen-bond acceptors (Lipinski definition) is 5. The molecule has 0 unspecified atom stereocenters. The number of hydrogen-bond donors (Lipinski definition) is 2. The Morgan fingerprint density at radius 1 is 1.27 bits per heavy atom. The van der Waals surface area contributed by atoms with Gasteiger partial charge in [-0.2, -0.15) is 11.8 Å². The third-order valence-corrected chi connectivity index (χ3v) is 3.44. The van der Waals surface area contributed by atoms with Gasteiger partial charge in [0.2, 0.25) is 0 Å². The number of thioether (sulfide) groups is 1. The summed E-state index contributed by atoms with van der Waals surface area (Å²) in [4.78, 5) is 11.7. The van der Waals surface area contributed by atoms with E-state index in [0.717, 1.165) is 17.1 Å². The second kappa shape index (κ2) is 9.58. The predicted octanol–water partition coefficient (Wildman–Crippen LogP) is 2.82. The smallest absolute Gasteiger partial charge is 0.407 e. The van der Waals surface area contributed by atoms with Crippen molar-refractivity contribution in [3.63, 3.8) is 0 Å². The summed E-state index contributed by atoms with van der Waals surface area (Å²) in [7, 11) is 0. The largest absolute Gasteiger partial charge is 0.492 e. The summed E-state index contributed by atoms with van der Waals surface area (Å²) < 4.78 is 10.9. The van der Waals surface area contributed by atoms with Crippen molar-refractivity contribution >= 4 is 17.9 Å². The third-order valence-electron chi connectivity index (χ3n) is 2.52. The van der Waals surface area contributed by atoms with Crippen LogP contribution >= 0.6 is 11.8 Å². The zero-order chi connectivity index (χ0) is 16.4. The van der Waals surface area contributed by atoms with Crippen LogP contribution in [0.5, 0.6) is 5.75 Å². The summed E-state index contributed by atoms with van der Waals surface area (Å²) in [6.45, 7) is 6.58. The summed E-state index contributed by atoms with van der Waals surface area (Å²) in [5, 5.41) is 11.4. The van der Waals surface area contributed by atoms with Gasteiger partial charge in [0.05, 0.1) is 13.2 Å². The standard InChI is InChI=1S/C16H25NO4S/c1-16(2,3)21-15(19)17-12-13-6-4-5-7-14(13)20-9-11-22-10-8-18/h4-7,18H,8-12H2,1-3H3,(H,17,19). The van der Waals surface area contributed by atoms with Gasteiger partial charge >= 0.3 is 6.09 Å². The Morgan fingerprint density at radius 2 is 2.00 bits per heavy atom. The van der Waals surface area contributed by atoms with E-state index < -0.39 is 11.7 Å². The molecule has 5 nitrogen and oxygen atoms in total. The number of aliphatic hydroxyl groups excluding tert-OH is 1. The van der Waals surface area contributed by atoms with Crippen molar-refractivity contribution in [3.8, 4) is 5.75 Å². The van der Waals surface area contributed by atoms with Crippen LogP contribution in [0.4, 0.5) is 4.79 Å². The molecule has 6 heteroatoms. The van der Waals surface area contributed by atoms with Gasteiger partial charge in [-0.05, 0) is 26.8 Å². The molecule has 124 valence electrons. The van der Waals surface area contributed by atoms with Crippen molar-refractivity contribution in [1.82, 2.24) is 5.32 Å². The highest BCUT2D eigenvalue weighted by Crippen LogP contribution is 2.18. The first-order valence-electron chi connectivity index (χ1n) is 7.28. The predicted molar refractivity (Wildman–Crippen MR) is 89.4 cm³/mol. The normalized spacial score (nSPS) is 11.1. The molecule has 1 rings (SSSR count). The van der Waals surface area contributed by atoms with Crippen LogP contribution in [0.3, 0.4) is 0 Å². The molecule has 0 heterocycles. The highest BCUT2D eigenvalue weighted by molar-refractivity contribution is 7.99. The van der Waals surface area contributed by atoms with Gasteiger partial charge in [0.1, 0.15) is 11.4 Å². The molecular formula is C16H25NO4S. The van der Waals surface area contributed by atoms with Crippen molar-refractivity contribution in [1.29, 1.82) is 0 Å². The topological polar surface area (TPSA) is 67.8 Å². The van der Waals surface area contributed by atoms with Crippen LogP contribution in [0.1, 0.15) is 26.3 Å². The van der Waals surface area contributed by atoms with Crippen LogP contribution < -0.4 is 10.1 Å². The molecule has 1 amide bonds. The Hall–Kier alpha value is -1.40. The van der Waals surface area contributed by atoms with Crippen LogP contribution in [0.25, 0.3) is 0 Å². The Kier molecular flexibility index (Phi) is 8.12. The molecule has 0 saturated heterocycles. The van der Waals surface area contributed by atoms with Gasteiger partial charge in [0, 0.05) is 23.6 Å². The van der Waals surface area contributed by atoms with Crippen LogP contribution in [0, 0.1) is 0 Å². The molecule has 0 aromatic heterocycles. The maximum atomic E-state index is 11.7. The number of carbonyl (C=O) groups excluding carboxylic acids is 1. The number of alkyl carbamates (subject to hydrolysis) is 1. The van der Waals surface area contributed by atoms with Gasteiger partial charge in [0.15, 0.2) is 0 Å². The lowest BCUT2D eigenvalue weighted by molar-refractivity contribution is 0.0523. The zero-order valence-electron chi connectivity index (χ0n) is 13.4. The summed E-state index contributed by atoms with van der Waals surface area (Å²) >= 11 is 1.64. The first-order valence-corrected chi connectivity index (χ1v) is 8.44. The molecule has 0 fully saturated rings. The fourth-order valence-electron chi connectivity index (χ4n) is 1.65. The monoisotopic (exact) mass is 327 g/mol. The van der Waals surface area contributed by atoms with E-state index in [1.807, 2.05) is 45.0 Å². The molecule has 1 aromatic carbocycles. The average molecular weight is 327 g/mol. The second-order valence-electron chi connectivity index (χ2n) is 5.65. The molecule has 0 aliphatic rings. The molecular weight excluding hydrogens is 302 g/mol. The van der Waals surface area contributed by atoms with Crippen LogP contribution in [0.2, 0.25) is 0 Å². The minimum atomic E-state index is -0.510. The van der Waals surface area contributed by atoms with E-state index in [9.17, 15) is 4.79 Å². The van der Waals surface area contributed by atoms with Crippen molar-refractivity contribution in [2.24, 2.45) is 0 Å². The van der Waals surface area contributed by atoms with Gasteiger partial charge in [-0.1, -0.05) is 18.2 Å². The third kappa shape index (κ3) is 8.14. The number of ether oxygens (including phenoxy) is 2. The molecule has 0 atom stereocenters. The van der Waals surface area contributed by atoms with Crippen LogP contribution in [-0.2, 0) is 11.3 Å². The average Bonchev–Trinajstić information content (AvgIpc) is 2.44. The Labute approximate surface area is 136 Å². The number of amides is 1. The number of para-hydroxylation sites is 1. The fourth-order valence-corrected chi connectivity index (χ4v) is 2.18. The lowest BCUT2D eigenvalue weighted by Gasteiger charge is -2.20. The molecule has 0 spiro atoms. The molecule has 0 aliphatic carbocycles. The SMILES string of the molecule is CC(C)(C)OC(=O)NCc1ccccc1OCCSCCO. The second-order valence-corrected chi connectivity index (χ2v) is 6.87. The van der Waals surface area contributed by atoms with Gasteiger partial charge in [0.25, 0.3) is 0 Å². The Morgan fingerprint density at radius 3 is 2.68 bits per heavy atom. The number of rotatable bonds is 8. The Bertz CT molecular complexity index is 460. The zero-order valence-corrected chi connectivity index (χ0v) is 14.2. The maximum Gasteiger partial charge on any atom is 0.407 e. The number of aliphatic hydroxyl groups is 1. The van der Waals surface area contributed by atoms with E-state index in [1.54, 1.807) is 11.8 Å². The quantitative estimate of drug-likeness (QED) is 0.719. The van der Waals surface area contributed by atoms with E-state index >= 15 is 0 Å². The lowest BCUT2D eigenvalue weighted by Crippen LogP contribution is -2.32. The highest BCUT2D eigenvalue weighted by Gasteiger charge is 2.16. The van der Waals surface area contributed by atoms with Crippen LogP contribution in [0.15, 0.2) is 24.3 Å². The van der Waals surface area contributed by atoms with Crippen molar-refractivity contribution in [3.05, 3.63) is 29.8 Å². The molecule has 1 aromatic rings. The van der Waals surface area contributed by atoms with Crippen molar-refractivity contribution in [2.75, 3.05) is 24.7 Å². The Balaban J connectivity index is 2.44. The van der Waals surface area contributed by atoms with Crippen LogP contribution in [-0.4, -0.2) is 41.5 Å². The summed E-state index contributed by atoms with van der Waals surface area (Å²) in [6.07, 6.45) is -0.444. The lowest BCUT2D eigenvalue weighted by atomic mass is 10.2. The minimum Gasteiger partial charge on any atom is -0.492 e. The highest BCUT2D eigenvalue weighted by atomic mass is 32.2.